The summed E-state index contributed by atoms with van der Waals surface area (Å²) in [5.41, 5.74) is 2.66. The van der Waals surface area contributed by atoms with Crippen LogP contribution in [-0.2, 0) is 0 Å². The highest BCUT2D eigenvalue weighted by molar-refractivity contribution is 5.75. The van der Waals surface area contributed by atoms with Crippen LogP contribution >= 0.6 is 0 Å². The Labute approximate surface area is 208 Å². The van der Waals surface area contributed by atoms with Crippen LogP contribution in [0.5, 0.6) is 5.88 Å². The van der Waals surface area contributed by atoms with Gasteiger partial charge in [-0.2, -0.15) is 26.3 Å². The van der Waals surface area contributed by atoms with Crippen molar-refractivity contribution in [3.05, 3.63) is 42.1 Å². The largest absolute Gasteiger partial charge is 0.478 e. The molecule has 14 heteroatoms. The number of amides is 2. The molecule has 3 aromatic heterocycles. The molecule has 3 aromatic rings. The van der Waals surface area contributed by atoms with E-state index in [0.717, 1.165) is 4.90 Å². The van der Waals surface area contributed by atoms with E-state index < -0.39 is 43.3 Å². The van der Waals surface area contributed by atoms with Crippen molar-refractivity contribution in [2.24, 2.45) is 0 Å². The SMILES string of the molecule is CCN(C(=O)NC(CCC(F)(F)F)C(F)(F)F)C(C)c1cnc(C)c(-c2cn3ccnc3c(OC)n2)c1. The van der Waals surface area contributed by atoms with Gasteiger partial charge in [0.15, 0.2) is 5.65 Å². The molecule has 8 nitrogen and oxygen atoms in total. The number of halogens is 6. The molecular formula is C23H26F6N6O2. The van der Waals surface area contributed by atoms with Crippen LogP contribution in [0, 0.1) is 6.92 Å². The summed E-state index contributed by atoms with van der Waals surface area (Å²) in [5.74, 6) is 0.270. The highest BCUT2D eigenvalue weighted by Gasteiger charge is 2.43. The number of carbonyl (C=O) groups is 1. The minimum atomic E-state index is -5.04. The second kappa shape index (κ2) is 10.8. The summed E-state index contributed by atoms with van der Waals surface area (Å²) in [5, 5.41) is 1.72. The van der Waals surface area contributed by atoms with Crippen molar-refractivity contribution in [2.75, 3.05) is 13.7 Å². The highest BCUT2D eigenvalue weighted by Crippen LogP contribution is 2.31. The zero-order valence-corrected chi connectivity index (χ0v) is 20.5. The first-order valence-electron chi connectivity index (χ1n) is 11.3. The van der Waals surface area contributed by atoms with Crippen LogP contribution in [0.3, 0.4) is 0 Å². The number of nitrogens with one attached hydrogen (secondary N) is 1. The third-order valence-corrected chi connectivity index (χ3v) is 5.88. The van der Waals surface area contributed by atoms with Gasteiger partial charge in [-0.25, -0.2) is 14.8 Å². The molecule has 0 aliphatic heterocycles. The molecule has 202 valence electrons. The Balaban J connectivity index is 1.88. The molecule has 0 aliphatic rings. The van der Waals surface area contributed by atoms with E-state index >= 15 is 0 Å². The number of carbonyl (C=O) groups excluding carboxylic acids is 1. The third kappa shape index (κ3) is 6.60. The second-order valence-electron chi connectivity index (χ2n) is 8.35. The minimum absolute atomic E-state index is 0.00682. The molecule has 0 spiro atoms. The summed E-state index contributed by atoms with van der Waals surface area (Å²) >= 11 is 0. The summed E-state index contributed by atoms with van der Waals surface area (Å²) < 4.78 is 84.6. The topological polar surface area (TPSA) is 84.7 Å². The fourth-order valence-electron chi connectivity index (χ4n) is 3.84. The normalized spacial score (nSPS) is 13.9. The quantitative estimate of drug-likeness (QED) is 0.389. The van der Waals surface area contributed by atoms with Gasteiger partial charge in [0.05, 0.1) is 18.8 Å². The predicted molar refractivity (Wildman–Crippen MR) is 122 cm³/mol. The van der Waals surface area contributed by atoms with E-state index in [1.54, 1.807) is 55.1 Å². The first-order chi connectivity index (χ1) is 17.2. The van der Waals surface area contributed by atoms with Crippen molar-refractivity contribution in [3.8, 4) is 17.1 Å². The lowest BCUT2D eigenvalue weighted by atomic mass is 10.0. The van der Waals surface area contributed by atoms with Gasteiger partial charge in [-0.05, 0) is 38.8 Å². The number of hydrogen-bond acceptors (Lipinski definition) is 5. The average molecular weight is 532 g/mol. The molecular weight excluding hydrogens is 506 g/mol. The van der Waals surface area contributed by atoms with Crippen molar-refractivity contribution < 1.29 is 35.9 Å². The van der Waals surface area contributed by atoms with Gasteiger partial charge in [0.2, 0.25) is 0 Å². The monoisotopic (exact) mass is 532 g/mol. The Morgan fingerprint density at radius 2 is 1.92 bits per heavy atom. The van der Waals surface area contributed by atoms with Crippen LogP contribution in [-0.4, -0.2) is 62.3 Å². The number of urea groups is 1. The second-order valence-corrected chi connectivity index (χ2v) is 8.35. The number of rotatable bonds is 8. The number of ether oxygens (including phenoxy) is 1. The van der Waals surface area contributed by atoms with Crippen LogP contribution in [0.1, 0.15) is 44.0 Å². The van der Waals surface area contributed by atoms with Gasteiger partial charge < -0.3 is 19.4 Å². The maximum absolute atomic E-state index is 13.3. The summed E-state index contributed by atoms with van der Waals surface area (Å²) in [6.45, 7) is 4.88. The zero-order chi connectivity index (χ0) is 27.5. The molecule has 0 saturated carbocycles. The molecule has 2 unspecified atom stereocenters. The highest BCUT2D eigenvalue weighted by atomic mass is 19.4. The molecule has 0 radical (unpaired) electrons. The Morgan fingerprint density at radius 1 is 1.22 bits per heavy atom. The lowest BCUT2D eigenvalue weighted by molar-refractivity contribution is -0.171. The predicted octanol–water partition coefficient (Wildman–Crippen LogP) is 5.47. The van der Waals surface area contributed by atoms with Crippen molar-refractivity contribution in [1.29, 1.82) is 0 Å². The van der Waals surface area contributed by atoms with Crippen molar-refractivity contribution in [1.82, 2.24) is 29.6 Å². The van der Waals surface area contributed by atoms with Crippen molar-refractivity contribution in [3.63, 3.8) is 0 Å². The average Bonchev–Trinajstić information content (AvgIpc) is 3.29. The van der Waals surface area contributed by atoms with Gasteiger partial charge in [0, 0.05) is 49.0 Å². The molecule has 3 heterocycles. The van der Waals surface area contributed by atoms with E-state index in [2.05, 4.69) is 15.0 Å². The number of hydrogen-bond donors (Lipinski definition) is 1. The fraction of sp³-hybridized carbons (Fsp3) is 0.478. The molecule has 0 aliphatic carbocycles. The molecule has 0 fully saturated rings. The van der Waals surface area contributed by atoms with E-state index in [-0.39, 0.29) is 12.4 Å². The Kier molecular flexibility index (Phi) is 8.18. The summed E-state index contributed by atoms with van der Waals surface area (Å²) in [6, 6.07) is -2.83. The molecule has 0 bridgehead atoms. The lowest BCUT2D eigenvalue weighted by Gasteiger charge is -2.31. The molecule has 3 rings (SSSR count). The fourth-order valence-corrected chi connectivity index (χ4v) is 3.84. The Hall–Kier alpha value is -3.58. The van der Waals surface area contributed by atoms with Crippen LogP contribution < -0.4 is 10.1 Å². The summed E-state index contributed by atoms with van der Waals surface area (Å²) in [4.78, 5) is 26.9. The third-order valence-electron chi connectivity index (χ3n) is 5.88. The number of imidazole rings is 1. The molecule has 37 heavy (non-hydrogen) atoms. The number of methoxy groups -OCH3 is 1. The first-order valence-corrected chi connectivity index (χ1v) is 11.3. The van der Waals surface area contributed by atoms with E-state index in [1.165, 1.54) is 13.3 Å². The summed E-state index contributed by atoms with van der Waals surface area (Å²) in [7, 11) is 1.45. The van der Waals surface area contributed by atoms with Crippen LogP contribution in [0.4, 0.5) is 31.1 Å². The standard InChI is InChI=1S/C23H26F6N6O2/c1-5-35(21(36)33-18(23(27,28)29)6-7-22(24,25)26)14(3)15-10-16(13(2)31-11-15)17-12-34-9-8-30-19(34)20(32-17)37-4/h8-12,14,18H,5-7H2,1-4H3,(H,33,36). The van der Waals surface area contributed by atoms with Crippen LogP contribution in [0.15, 0.2) is 30.9 Å². The smallest absolute Gasteiger partial charge is 0.408 e. The molecule has 0 saturated heterocycles. The number of aromatic nitrogens is 4. The van der Waals surface area contributed by atoms with Gasteiger partial charge in [0.25, 0.3) is 5.88 Å². The summed E-state index contributed by atoms with van der Waals surface area (Å²) in [6.07, 6.45) is -6.34. The number of aryl methyl sites for hydroxylation is 1. The number of nitrogens with zero attached hydrogens (tertiary/aromatic N) is 5. The minimum Gasteiger partial charge on any atom is -0.478 e. The van der Waals surface area contributed by atoms with Crippen LogP contribution in [0.25, 0.3) is 16.9 Å². The van der Waals surface area contributed by atoms with Gasteiger partial charge >= 0.3 is 18.4 Å². The Bertz CT molecular complexity index is 1240. The van der Waals surface area contributed by atoms with Gasteiger partial charge in [-0.1, -0.05) is 0 Å². The van der Waals surface area contributed by atoms with E-state index in [9.17, 15) is 31.1 Å². The number of alkyl halides is 6. The number of fused-ring (bicyclic) bond motifs is 1. The first kappa shape index (κ1) is 28.0. The molecule has 2 amide bonds. The van der Waals surface area contributed by atoms with Gasteiger partial charge in [0.1, 0.15) is 6.04 Å². The van der Waals surface area contributed by atoms with Crippen molar-refractivity contribution >= 4 is 11.7 Å². The van der Waals surface area contributed by atoms with Gasteiger partial charge in [-0.15, -0.1) is 0 Å². The molecule has 0 aromatic carbocycles. The van der Waals surface area contributed by atoms with E-state index in [1.807, 2.05) is 0 Å². The zero-order valence-electron chi connectivity index (χ0n) is 20.5. The lowest BCUT2D eigenvalue weighted by Crippen LogP contribution is -2.51. The maximum Gasteiger partial charge on any atom is 0.408 e. The van der Waals surface area contributed by atoms with E-state index in [0.29, 0.717) is 28.2 Å². The van der Waals surface area contributed by atoms with Crippen LogP contribution in [0.2, 0.25) is 0 Å². The Morgan fingerprint density at radius 3 is 2.51 bits per heavy atom. The van der Waals surface area contributed by atoms with E-state index in [4.69, 9.17) is 4.74 Å². The molecule has 1 N–H and O–H groups in total. The molecule has 2 atom stereocenters. The van der Waals surface area contributed by atoms with Crippen molar-refractivity contribution in [2.45, 2.75) is 58.0 Å². The van der Waals surface area contributed by atoms with Gasteiger partial charge in [-0.3, -0.25) is 4.98 Å². The maximum atomic E-state index is 13.3. The number of pyridine rings is 1.